The minimum Gasteiger partial charge on any atom is -0.484 e. The third kappa shape index (κ3) is 4.30. The number of halogens is 1. The van der Waals surface area contributed by atoms with E-state index in [0.29, 0.717) is 0 Å². The van der Waals surface area contributed by atoms with Crippen LogP contribution in [0.3, 0.4) is 0 Å². The van der Waals surface area contributed by atoms with Gasteiger partial charge in [0.25, 0.3) is 0 Å². The minimum atomic E-state index is -0.192. The molecule has 0 aliphatic rings. The summed E-state index contributed by atoms with van der Waals surface area (Å²) in [4.78, 5) is 0. The van der Waals surface area contributed by atoms with Crippen LogP contribution in [0.1, 0.15) is 30.6 Å². The standard InChI is InChI=1S/C17H20BrNO2/c1-2-16(19)17(13-5-7-14(18)8-6-13)21-15-9-3-12(11-20)4-10-15/h3-10,16-17,20H,2,11,19H2,1H3. The van der Waals surface area contributed by atoms with Crippen molar-refractivity contribution in [2.75, 3.05) is 0 Å². The Hall–Kier alpha value is -1.36. The van der Waals surface area contributed by atoms with Gasteiger partial charge in [-0.2, -0.15) is 0 Å². The molecule has 2 unspecified atom stereocenters. The molecule has 0 amide bonds. The summed E-state index contributed by atoms with van der Waals surface area (Å²) >= 11 is 3.44. The van der Waals surface area contributed by atoms with Crippen LogP contribution in [0.2, 0.25) is 0 Å². The number of hydrogen-bond donors (Lipinski definition) is 2. The predicted molar refractivity (Wildman–Crippen MR) is 88.1 cm³/mol. The summed E-state index contributed by atoms with van der Waals surface area (Å²) in [6, 6.07) is 15.4. The van der Waals surface area contributed by atoms with Crippen molar-refractivity contribution in [2.24, 2.45) is 5.73 Å². The Morgan fingerprint density at radius 1 is 1.10 bits per heavy atom. The van der Waals surface area contributed by atoms with Crippen LogP contribution in [0, 0.1) is 0 Å². The van der Waals surface area contributed by atoms with E-state index in [1.165, 1.54) is 0 Å². The van der Waals surface area contributed by atoms with Gasteiger partial charge in [0.2, 0.25) is 0 Å². The highest BCUT2D eigenvalue weighted by molar-refractivity contribution is 9.10. The molecule has 0 spiro atoms. The van der Waals surface area contributed by atoms with Crippen molar-refractivity contribution in [3.63, 3.8) is 0 Å². The molecule has 2 aromatic carbocycles. The van der Waals surface area contributed by atoms with E-state index in [1.54, 1.807) is 0 Å². The first-order chi connectivity index (χ1) is 10.1. The van der Waals surface area contributed by atoms with E-state index in [9.17, 15) is 0 Å². The number of aliphatic hydroxyl groups excluding tert-OH is 1. The van der Waals surface area contributed by atoms with E-state index in [1.807, 2.05) is 48.5 Å². The lowest BCUT2D eigenvalue weighted by Gasteiger charge is -2.25. The second kappa shape index (κ2) is 7.59. The lowest BCUT2D eigenvalue weighted by molar-refractivity contribution is 0.171. The van der Waals surface area contributed by atoms with Gasteiger partial charge >= 0.3 is 0 Å². The molecule has 0 aliphatic heterocycles. The number of aliphatic hydroxyl groups is 1. The molecule has 0 aromatic heterocycles. The van der Waals surface area contributed by atoms with E-state index in [0.717, 1.165) is 27.8 Å². The molecule has 2 atom stereocenters. The lowest BCUT2D eigenvalue weighted by Crippen LogP contribution is -2.31. The SMILES string of the molecule is CCC(N)C(Oc1ccc(CO)cc1)c1ccc(Br)cc1. The molecule has 3 N–H and O–H groups in total. The Bertz CT molecular complexity index is 554. The average Bonchev–Trinajstić information content (AvgIpc) is 2.53. The van der Waals surface area contributed by atoms with Gasteiger partial charge < -0.3 is 15.6 Å². The summed E-state index contributed by atoms with van der Waals surface area (Å²) in [6.07, 6.45) is 0.637. The van der Waals surface area contributed by atoms with Crippen LogP contribution in [0.4, 0.5) is 0 Å². The molecule has 0 fully saturated rings. The van der Waals surface area contributed by atoms with Gasteiger partial charge in [-0.05, 0) is 41.8 Å². The zero-order chi connectivity index (χ0) is 15.2. The third-order valence-electron chi connectivity index (χ3n) is 3.43. The van der Waals surface area contributed by atoms with Gasteiger partial charge in [-0.1, -0.05) is 47.1 Å². The predicted octanol–water partition coefficient (Wildman–Crippen LogP) is 3.80. The van der Waals surface area contributed by atoms with E-state index < -0.39 is 0 Å². The normalized spacial score (nSPS) is 13.7. The number of benzene rings is 2. The molecule has 21 heavy (non-hydrogen) atoms. The van der Waals surface area contributed by atoms with E-state index >= 15 is 0 Å². The highest BCUT2D eigenvalue weighted by atomic mass is 79.9. The summed E-state index contributed by atoms with van der Waals surface area (Å²) in [5.74, 6) is 0.754. The van der Waals surface area contributed by atoms with Gasteiger partial charge in [0.15, 0.2) is 0 Å². The number of nitrogens with two attached hydrogens (primary N) is 1. The summed E-state index contributed by atoms with van der Waals surface area (Å²) < 4.78 is 7.10. The van der Waals surface area contributed by atoms with Crippen molar-refractivity contribution in [3.05, 3.63) is 64.1 Å². The first-order valence-electron chi connectivity index (χ1n) is 7.01. The van der Waals surface area contributed by atoms with Gasteiger partial charge in [0, 0.05) is 10.5 Å². The van der Waals surface area contributed by atoms with Crippen LogP contribution in [-0.2, 0) is 6.61 Å². The maximum absolute atomic E-state index is 9.08. The fraction of sp³-hybridized carbons (Fsp3) is 0.294. The van der Waals surface area contributed by atoms with Crippen molar-refractivity contribution in [2.45, 2.75) is 32.1 Å². The molecule has 0 saturated carbocycles. The molecule has 112 valence electrons. The van der Waals surface area contributed by atoms with E-state index in [-0.39, 0.29) is 18.8 Å². The zero-order valence-corrected chi connectivity index (χ0v) is 13.6. The highest BCUT2D eigenvalue weighted by Crippen LogP contribution is 2.27. The fourth-order valence-electron chi connectivity index (χ4n) is 2.09. The Balaban J connectivity index is 2.21. The van der Waals surface area contributed by atoms with Crippen molar-refractivity contribution < 1.29 is 9.84 Å². The second-order valence-corrected chi connectivity index (χ2v) is 5.88. The number of rotatable bonds is 6. The Kier molecular flexibility index (Phi) is 5.79. The van der Waals surface area contributed by atoms with Gasteiger partial charge in [-0.15, -0.1) is 0 Å². The second-order valence-electron chi connectivity index (χ2n) is 4.96. The van der Waals surface area contributed by atoms with Gasteiger partial charge in [0.1, 0.15) is 11.9 Å². The molecule has 0 saturated heterocycles. The molecule has 2 aromatic rings. The van der Waals surface area contributed by atoms with Crippen LogP contribution >= 0.6 is 15.9 Å². The maximum Gasteiger partial charge on any atom is 0.139 e. The van der Waals surface area contributed by atoms with Crippen molar-refractivity contribution in [1.29, 1.82) is 0 Å². The average molecular weight is 350 g/mol. The zero-order valence-electron chi connectivity index (χ0n) is 12.0. The monoisotopic (exact) mass is 349 g/mol. The van der Waals surface area contributed by atoms with E-state index in [2.05, 4.69) is 22.9 Å². The first kappa shape index (κ1) is 16.0. The minimum absolute atomic E-state index is 0.0326. The van der Waals surface area contributed by atoms with Crippen molar-refractivity contribution in [1.82, 2.24) is 0 Å². The number of ether oxygens (including phenoxy) is 1. The van der Waals surface area contributed by atoms with Gasteiger partial charge in [-0.3, -0.25) is 0 Å². The summed E-state index contributed by atoms with van der Waals surface area (Å²) in [5, 5.41) is 9.08. The quantitative estimate of drug-likeness (QED) is 0.833. The Morgan fingerprint density at radius 3 is 2.24 bits per heavy atom. The highest BCUT2D eigenvalue weighted by Gasteiger charge is 2.20. The third-order valence-corrected chi connectivity index (χ3v) is 3.96. The molecule has 2 rings (SSSR count). The van der Waals surface area contributed by atoms with E-state index in [4.69, 9.17) is 15.6 Å². The van der Waals surface area contributed by atoms with Crippen LogP contribution in [0.5, 0.6) is 5.75 Å². The summed E-state index contributed by atoms with van der Waals surface area (Å²) in [7, 11) is 0. The van der Waals surface area contributed by atoms with Crippen LogP contribution < -0.4 is 10.5 Å². The largest absolute Gasteiger partial charge is 0.484 e. The maximum atomic E-state index is 9.08. The molecule has 3 nitrogen and oxygen atoms in total. The molecular formula is C17H20BrNO2. The lowest BCUT2D eigenvalue weighted by atomic mass is 10.0. The smallest absolute Gasteiger partial charge is 0.139 e. The van der Waals surface area contributed by atoms with Crippen LogP contribution in [0.25, 0.3) is 0 Å². The Morgan fingerprint density at radius 2 is 1.71 bits per heavy atom. The molecule has 0 aliphatic carbocycles. The van der Waals surface area contributed by atoms with Crippen LogP contribution in [-0.4, -0.2) is 11.1 Å². The summed E-state index contributed by atoms with van der Waals surface area (Å²) in [6.45, 7) is 2.08. The topological polar surface area (TPSA) is 55.5 Å². The molecular weight excluding hydrogens is 330 g/mol. The number of hydrogen-bond acceptors (Lipinski definition) is 3. The van der Waals surface area contributed by atoms with Crippen LogP contribution in [0.15, 0.2) is 53.0 Å². The molecule has 0 bridgehead atoms. The van der Waals surface area contributed by atoms with Gasteiger partial charge in [0.05, 0.1) is 6.61 Å². The fourth-order valence-corrected chi connectivity index (χ4v) is 2.35. The summed E-state index contributed by atoms with van der Waals surface area (Å²) in [5.41, 5.74) is 8.13. The van der Waals surface area contributed by atoms with Crippen molar-refractivity contribution in [3.8, 4) is 5.75 Å². The molecule has 0 radical (unpaired) electrons. The molecule has 0 heterocycles. The van der Waals surface area contributed by atoms with Gasteiger partial charge in [-0.25, -0.2) is 0 Å². The Labute approximate surface area is 133 Å². The van der Waals surface area contributed by atoms with Crippen molar-refractivity contribution >= 4 is 15.9 Å². The first-order valence-corrected chi connectivity index (χ1v) is 7.81. The molecule has 4 heteroatoms.